The van der Waals surface area contributed by atoms with Gasteiger partial charge >= 0.3 is 0 Å². The van der Waals surface area contributed by atoms with Crippen molar-refractivity contribution in [2.45, 2.75) is 27.3 Å². The van der Waals surface area contributed by atoms with Crippen LogP contribution in [-0.4, -0.2) is 11.5 Å². The van der Waals surface area contributed by atoms with Crippen molar-refractivity contribution in [3.8, 4) is 0 Å². The highest BCUT2D eigenvalue weighted by Gasteiger charge is 2.07. The van der Waals surface area contributed by atoms with Crippen molar-refractivity contribution in [2.75, 3.05) is 6.54 Å². The third-order valence-electron chi connectivity index (χ3n) is 2.85. The van der Waals surface area contributed by atoms with Crippen molar-refractivity contribution in [1.82, 2.24) is 10.3 Å². The molecule has 2 rings (SSSR count). The van der Waals surface area contributed by atoms with Gasteiger partial charge in [-0.05, 0) is 49.7 Å². The molecule has 0 fully saturated rings. The Labute approximate surface area is 107 Å². The average molecular weight is 249 g/mol. The number of aryl methyl sites for hydroxylation is 2. The average Bonchev–Trinajstić information content (AvgIpc) is 2.27. The lowest BCUT2D eigenvalue weighted by Gasteiger charge is -2.10. The number of nitrogens with zero attached hydrogens (tertiary/aromatic N) is 1. The molecule has 0 saturated heterocycles. The lowest BCUT2D eigenvalue weighted by Crippen LogP contribution is -2.12. The molecule has 1 aromatic heterocycles. The highest BCUT2D eigenvalue weighted by Crippen LogP contribution is 2.25. The number of hydrogen-bond acceptors (Lipinski definition) is 2. The molecule has 0 spiro atoms. The van der Waals surface area contributed by atoms with E-state index in [1.54, 1.807) is 0 Å². The third-order valence-corrected chi connectivity index (χ3v) is 3.07. The maximum atomic E-state index is 6.12. The summed E-state index contributed by atoms with van der Waals surface area (Å²) in [7, 11) is 0. The van der Waals surface area contributed by atoms with Crippen molar-refractivity contribution in [3.63, 3.8) is 0 Å². The first-order valence-electron chi connectivity index (χ1n) is 5.89. The van der Waals surface area contributed by atoms with Crippen LogP contribution in [0.5, 0.6) is 0 Å². The number of pyridine rings is 1. The van der Waals surface area contributed by atoms with Crippen LogP contribution in [0, 0.1) is 13.8 Å². The summed E-state index contributed by atoms with van der Waals surface area (Å²) >= 11 is 6.12. The van der Waals surface area contributed by atoms with E-state index in [0.717, 1.165) is 40.3 Å². The minimum Gasteiger partial charge on any atom is -0.313 e. The van der Waals surface area contributed by atoms with Crippen molar-refractivity contribution < 1.29 is 0 Å². The predicted molar refractivity (Wildman–Crippen MR) is 73.6 cm³/mol. The highest BCUT2D eigenvalue weighted by molar-refractivity contribution is 6.31. The van der Waals surface area contributed by atoms with E-state index in [9.17, 15) is 0 Å². The molecule has 0 amide bonds. The zero-order valence-corrected chi connectivity index (χ0v) is 11.2. The molecule has 17 heavy (non-hydrogen) atoms. The van der Waals surface area contributed by atoms with Crippen LogP contribution in [0.15, 0.2) is 18.2 Å². The molecule has 1 heterocycles. The predicted octanol–water partition coefficient (Wildman–Crippen LogP) is 3.61. The van der Waals surface area contributed by atoms with E-state index in [0.29, 0.717) is 0 Å². The van der Waals surface area contributed by atoms with Crippen LogP contribution in [0.1, 0.15) is 23.7 Å². The number of fused-ring (bicyclic) bond motifs is 1. The van der Waals surface area contributed by atoms with Crippen LogP contribution >= 0.6 is 11.6 Å². The maximum absolute atomic E-state index is 6.12. The Hall–Kier alpha value is -1.12. The molecule has 0 radical (unpaired) electrons. The summed E-state index contributed by atoms with van der Waals surface area (Å²) in [5.41, 5.74) is 4.51. The number of aromatic nitrogens is 1. The second kappa shape index (κ2) is 5.03. The SMILES string of the molecule is CCNCc1cc(C)nc2c(C)cc(Cl)cc12. The van der Waals surface area contributed by atoms with Crippen molar-refractivity contribution in [2.24, 2.45) is 0 Å². The van der Waals surface area contributed by atoms with Gasteiger partial charge in [0.25, 0.3) is 0 Å². The largest absolute Gasteiger partial charge is 0.313 e. The first-order valence-corrected chi connectivity index (χ1v) is 6.26. The first-order chi connectivity index (χ1) is 8.11. The topological polar surface area (TPSA) is 24.9 Å². The van der Waals surface area contributed by atoms with Gasteiger partial charge in [-0.25, -0.2) is 0 Å². The molecule has 1 aromatic carbocycles. The molecule has 2 nitrogen and oxygen atoms in total. The molecule has 2 aromatic rings. The zero-order chi connectivity index (χ0) is 12.4. The third kappa shape index (κ3) is 2.59. The molecule has 90 valence electrons. The summed E-state index contributed by atoms with van der Waals surface area (Å²) in [6.07, 6.45) is 0. The summed E-state index contributed by atoms with van der Waals surface area (Å²) in [6, 6.07) is 6.09. The number of benzene rings is 1. The van der Waals surface area contributed by atoms with Gasteiger partial charge in [-0.2, -0.15) is 0 Å². The highest BCUT2D eigenvalue weighted by atomic mass is 35.5. The van der Waals surface area contributed by atoms with Gasteiger partial charge in [0.1, 0.15) is 0 Å². The molecule has 1 N–H and O–H groups in total. The molecule has 0 unspecified atom stereocenters. The maximum Gasteiger partial charge on any atom is 0.0738 e. The minimum atomic E-state index is 0.776. The Bertz CT molecular complexity index is 549. The van der Waals surface area contributed by atoms with E-state index in [4.69, 9.17) is 11.6 Å². The van der Waals surface area contributed by atoms with E-state index in [1.807, 2.05) is 19.1 Å². The van der Waals surface area contributed by atoms with Gasteiger partial charge in [0.2, 0.25) is 0 Å². The fraction of sp³-hybridized carbons (Fsp3) is 0.357. The first kappa shape index (κ1) is 12.3. The van der Waals surface area contributed by atoms with Gasteiger partial charge in [-0.3, -0.25) is 4.98 Å². The Morgan fingerprint density at radius 1 is 1.24 bits per heavy atom. The molecular formula is C14H17ClN2. The van der Waals surface area contributed by atoms with E-state index >= 15 is 0 Å². The lowest BCUT2D eigenvalue weighted by molar-refractivity contribution is 0.729. The second-order valence-corrected chi connectivity index (χ2v) is 4.76. The van der Waals surface area contributed by atoms with Crippen LogP contribution in [0.3, 0.4) is 0 Å². The van der Waals surface area contributed by atoms with Crippen LogP contribution < -0.4 is 5.32 Å². The Balaban J connectivity index is 2.64. The molecule has 0 aliphatic carbocycles. The van der Waals surface area contributed by atoms with Crippen LogP contribution in [0.25, 0.3) is 10.9 Å². The molecule has 0 bridgehead atoms. The number of halogens is 1. The van der Waals surface area contributed by atoms with E-state index in [1.165, 1.54) is 5.56 Å². The van der Waals surface area contributed by atoms with Crippen molar-refractivity contribution >= 4 is 22.5 Å². The number of hydrogen-bond donors (Lipinski definition) is 1. The lowest BCUT2D eigenvalue weighted by atomic mass is 10.0. The summed E-state index contributed by atoms with van der Waals surface area (Å²) in [6.45, 7) is 8.01. The summed E-state index contributed by atoms with van der Waals surface area (Å²) in [4.78, 5) is 4.60. The molecule has 3 heteroatoms. The fourth-order valence-corrected chi connectivity index (χ4v) is 2.35. The van der Waals surface area contributed by atoms with Crippen LogP contribution in [0.2, 0.25) is 5.02 Å². The summed E-state index contributed by atoms with van der Waals surface area (Å²) in [5, 5.41) is 5.28. The normalized spacial score (nSPS) is 11.1. The van der Waals surface area contributed by atoms with Gasteiger partial charge < -0.3 is 5.32 Å². The summed E-state index contributed by atoms with van der Waals surface area (Å²) < 4.78 is 0. The van der Waals surface area contributed by atoms with Crippen molar-refractivity contribution in [3.05, 3.63) is 40.0 Å². The Morgan fingerprint density at radius 3 is 2.71 bits per heavy atom. The molecular weight excluding hydrogens is 232 g/mol. The van der Waals surface area contributed by atoms with E-state index in [-0.39, 0.29) is 0 Å². The molecule has 0 aliphatic heterocycles. The van der Waals surface area contributed by atoms with Crippen LogP contribution in [-0.2, 0) is 6.54 Å². The number of rotatable bonds is 3. The van der Waals surface area contributed by atoms with Gasteiger partial charge in [0, 0.05) is 22.6 Å². The molecule has 0 atom stereocenters. The Kier molecular flexibility index (Phi) is 3.65. The van der Waals surface area contributed by atoms with Crippen molar-refractivity contribution in [1.29, 1.82) is 0 Å². The standard InChI is InChI=1S/C14H17ClN2/c1-4-16-8-11-6-10(3)17-14-9(2)5-12(15)7-13(11)14/h5-7,16H,4,8H2,1-3H3. The van der Waals surface area contributed by atoms with E-state index in [2.05, 4.69) is 30.2 Å². The Morgan fingerprint density at radius 2 is 2.00 bits per heavy atom. The smallest absolute Gasteiger partial charge is 0.0738 e. The van der Waals surface area contributed by atoms with Gasteiger partial charge in [-0.1, -0.05) is 18.5 Å². The molecule has 0 aliphatic rings. The molecule has 0 saturated carbocycles. The second-order valence-electron chi connectivity index (χ2n) is 4.32. The zero-order valence-electron chi connectivity index (χ0n) is 10.5. The van der Waals surface area contributed by atoms with Gasteiger partial charge in [0.15, 0.2) is 0 Å². The van der Waals surface area contributed by atoms with Crippen LogP contribution in [0.4, 0.5) is 0 Å². The summed E-state index contributed by atoms with van der Waals surface area (Å²) in [5.74, 6) is 0. The number of nitrogens with one attached hydrogen (secondary N) is 1. The minimum absolute atomic E-state index is 0.776. The van der Waals surface area contributed by atoms with Gasteiger partial charge in [-0.15, -0.1) is 0 Å². The quantitative estimate of drug-likeness (QED) is 0.898. The van der Waals surface area contributed by atoms with E-state index < -0.39 is 0 Å². The van der Waals surface area contributed by atoms with Gasteiger partial charge in [0.05, 0.1) is 5.52 Å². The monoisotopic (exact) mass is 248 g/mol. The fourth-order valence-electron chi connectivity index (χ4n) is 2.07.